The minimum atomic E-state index is -4.57. The number of nitrogens with zero attached hydrogens (tertiary/aromatic N) is 5. The van der Waals surface area contributed by atoms with Crippen LogP contribution in [0.3, 0.4) is 0 Å². The Morgan fingerprint density at radius 3 is 2.62 bits per heavy atom. The van der Waals surface area contributed by atoms with Crippen LogP contribution in [-0.4, -0.2) is 64.1 Å². The molecule has 202 valence electrons. The monoisotopic (exact) mass is 556 g/mol. The second-order valence-electron chi connectivity index (χ2n) is 9.26. The first-order valence-electron chi connectivity index (χ1n) is 12.1. The fourth-order valence-electron chi connectivity index (χ4n) is 4.28. The Morgan fingerprint density at radius 2 is 1.90 bits per heavy atom. The van der Waals surface area contributed by atoms with Crippen molar-refractivity contribution in [1.29, 1.82) is 0 Å². The molecule has 0 bridgehead atoms. The summed E-state index contributed by atoms with van der Waals surface area (Å²) >= 11 is 6.33. The van der Waals surface area contributed by atoms with Crippen LogP contribution in [0.25, 0.3) is 22.8 Å². The van der Waals surface area contributed by atoms with E-state index in [1.807, 2.05) is 11.9 Å². The lowest BCUT2D eigenvalue weighted by atomic mass is 10.0. The van der Waals surface area contributed by atoms with Crippen LogP contribution < -0.4 is 5.32 Å². The molecule has 1 N–H and O–H groups in total. The second kappa shape index (κ2) is 11.1. The molecule has 8 nitrogen and oxygen atoms in total. The Bertz CT molecular complexity index is 1470. The first-order valence-corrected chi connectivity index (χ1v) is 12.5. The fourth-order valence-corrected chi connectivity index (χ4v) is 4.49. The summed E-state index contributed by atoms with van der Waals surface area (Å²) in [4.78, 5) is 25.5. The van der Waals surface area contributed by atoms with Gasteiger partial charge in [0.1, 0.15) is 0 Å². The zero-order chi connectivity index (χ0) is 27.6. The average molecular weight is 557 g/mol. The lowest BCUT2D eigenvalue weighted by Crippen LogP contribution is -2.44. The lowest BCUT2D eigenvalue weighted by Gasteiger charge is -2.33. The molecule has 1 aliphatic heterocycles. The minimum absolute atomic E-state index is 0.0318. The maximum absolute atomic E-state index is 13.9. The van der Waals surface area contributed by atoms with Crippen LogP contribution in [0.5, 0.6) is 0 Å². The van der Waals surface area contributed by atoms with Gasteiger partial charge in [-0.1, -0.05) is 22.8 Å². The van der Waals surface area contributed by atoms with Crippen molar-refractivity contribution >= 4 is 23.2 Å². The highest BCUT2D eigenvalue weighted by molar-refractivity contribution is 6.33. The highest BCUT2D eigenvalue weighted by atomic mass is 35.5. The average Bonchev–Trinajstić information content (AvgIpc) is 3.41. The quantitative estimate of drug-likeness (QED) is 0.337. The summed E-state index contributed by atoms with van der Waals surface area (Å²) in [5.41, 5.74) is 0.534. The van der Waals surface area contributed by atoms with Gasteiger partial charge in [-0.15, -0.1) is 0 Å². The Hall–Kier alpha value is -3.80. The van der Waals surface area contributed by atoms with E-state index in [1.165, 1.54) is 30.3 Å². The van der Waals surface area contributed by atoms with E-state index in [9.17, 15) is 18.0 Å². The van der Waals surface area contributed by atoms with E-state index >= 15 is 0 Å². The van der Waals surface area contributed by atoms with Crippen LogP contribution in [0.15, 0.2) is 65.4 Å². The number of likely N-dealkylation sites (N-methyl/N-ethyl adjacent to an activating group) is 1. The third kappa shape index (κ3) is 6.27. The number of aromatic nitrogens is 3. The number of nitrogens with one attached hydrogen (secondary N) is 1. The molecular formula is C27H24ClF3N6O2. The maximum atomic E-state index is 13.9. The highest BCUT2D eigenvalue weighted by Crippen LogP contribution is 2.35. The molecule has 0 aliphatic carbocycles. The van der Waals surface area contributed by atoms with E-state index in [0.29, 0.717) is 24.2 Å². The number of pyridine rings is 1. The molecule has 0 unspecified atom stereocenters. The van der Waals surface area contributed by atoms with Crippen molar-refractivity contribution in [2.24, 2.45) is 0 Å². The SMILES string of the molecule is CN1CCN(Cc2ccc(NC(=O)c3ccc(Cl)c(-c4noc(-c5cccnc5)n4)c3)cc2C(F)(F)F)CC1. The number of piperazine rings is 1. The van der Waals surface area contributed by atoms with Crippen molar-refractivity contribution in [3.63, 3.8) is 0 Å². The van der Waals surface area contributed by atoms with Crippen molar-refractivity contribution in [3.05, 3.63) is 82.6 Å². The number of carbonyl (C=O) groups is 1. The molecule has 0 spiro atoms. The van der Waals surface area contributed by atoms with Gasteiger partial charge < -0.3 is 14.7 Å². The van der Waals surface area contributed by atoms with Crippen molar-refractivity contribution in [2.75, 3.05) is 38.5 Å². The van der Waals surface area contributed by atoms with Crippen molar-refractivity contribution in [3.8, 4) is 22.8 Å². The molecule has 1 amide bonds. The molecule has 3 heterocycles. The van der Waals surface area contributed by atoms with Gasteiger partial charge in [-0.25, -0.2) is 0 Å². The van der Waals surface area contributed by atoms with E-state index < -0.39 is 17.6 Å². The van der Waals surface area contributed by atoms with Crippen molar-refractivity contribution in [2.45, 2.75) is 12.7 Å². The number of hydrogen-bond donors (Lipinski definition) is 1. The molecule has 0 atom stereocenters. The Balaban J connectivity index is 1.35. The molecule has 1 aliphatic rings. The molecule has 5 rings (SSSR count). The molecule has 1 fully saturated rings. The molecule has 1 saturated heterocycles. The summed E-state index contributed by atoms with van der Waals surface area (Å²) in [6.45, 7) is 3.16. The molecule has 0 saturated carbocycles. The zero-order valence-corrected chi connectivity index (χ0v) is 21.6. The van der Waals surface area contributed by atoms with Crippen LogP contribution in [0, 0.1) is 0 Å². The summed E-state index contributed by atoms with van der Waals surface area (Å²) in [6.07, 6.45) is -1.40. The number of hydrogen-bond acceptors (Lipinski definition) is 7. The van der Waals surface area contributed by atoms with E-state index in [4.69, 9.17) is 16.1 Å². The summed E-state index contributed by atoms with van der Waals surface area (Å²) in [6, 6.07) is 11.8. The van der Waals surface area contributed by atoms with Gasteiger partial charge >= 0.3 is 6.18 Å². The Labute approximate surface area is 227 Å². The third-order valence-corrected chi connectivity index (χ3v) is 6.80. The highest BCUT2D eigenvalue weighted by Gasteiger charge is 2.34. The number of anilines is 1. The maximum Gasteiger partial charge on any atom is 0.416 e. The van der Waals surface area contributed by atoms with Crippen LogP contribution in [-0.2, 0) is 12.7 Å². The molecule has 2 aromatic carbocycles. The summed E-state index contributed by atoms with van der Waals surface area (Å²) < 4.78 is 47.1. The molecule has 39 heavy (non-hydrogen) atoms. The number of amides is 1. The van der Waals surface area contributed by atoms with Gasteiger partial charge in [0.25, 0.3) is 11.8 Å². The molecule has 2 aromatic heterocycles. The van der Waals surface area contributed by atoms with Gasteiger partial charge in [-0.3, -0.25) is 14.7 Å². The topological polar surface area (TPSA) is 87.4 Å². The molecule has 4 aromatic rings. The largest absolute Gasteiger partial charge is 0.416 e. The van der Waals surface area contributed by atoms with E-state index in [-0.39, 0.29) is 40.1 Å². The van der Waals surface area contributed by atoms with Crippen molar-refractivity contribution in [1.82, 2.24) is 24.9 Å². The fraction of sp³-hybridized carbons (Fsp3) is 0.259. The summed E-state index contributed by atoms with van der Waals surface area (Å²) in [7, 11) is 1.99. The number of alkyl halides is 3. The van der Waals surface area contributed by atoms with Crippen LogP contribution in [0.4, 0.5) is 18.9 Å². The van der Waals surface area contributed by atoms with E-state index in [0.717, 1.165) is 19.2 Å². The first-order chi connectivity index (χ1) is 18.7. The molecule has 0 radical (unpaired) electrons. The van der Waals surface area contributed by atoms with Gasteiger partial charge in [-0.05, 0) is 55.1 Å². The number of benzene rings is 2. The van der Waals surface area contributed by atoms with Gasteiger partial charge in [0, 0.05) is 61.9 Å². The Kier molecular flexibility index (Phi) is 7.65. The zero-order valence-electron chi connectivity index (χ0n) is 20.9. The molecular weight excluding hydrogens is 533 g/mol. The van der Waals surface area contributed by atoms with Gasteiger partial charge in [0.2, 0.25) is 5.82 Å². The normalized spacial score (nSPS) is 14.9. The van der Waals surface area contributed by atoms with Gasteiger partial charge in [0.05, 0.1) is 16.1 Å². The van der Waals surface area contributed by atoms with Crippen LogP contribution in [0.2, 0.25) is 5.02 Å². The summed E-state index contributed by atoms with van der Waals surface area (Å²) in [5.74, 6) is -0.231. The number of carbonyl (C=O) groups excluding carboxylic acids is 1. The molecule has 12 heteroatoms. The number of rotatable bonds is 6. The van der Waals surface area contributed by atoms with E-state index in [2.05, 4.69) is 25.3 Å². The van der Waals surface area contributed by atoms with E-state index in [1.54, 1.807) is 24.5 Å². The van der Waals surface area contributed by atoms with Gasteiger partial charge in [0.15, 0.2) is 0 Å². The minimum Gasteiger partial charge on any atom is -0.334 e. The lowest BCUT2D eigenvalue weighted by molar-refractivity contribution is -0.138. The predicted molar refractivity (Wildman–Crippen MR) is 140 cm³/mol. The second-order valence-corrected chi connectivity index (χ2v) is 9.67. The smallest absolute Gasteiger partial charge is 0.334 e. The first kappa shape index (κ1) is 26.8. The van der Waals surface area contributed by atoms with Gasteiger partial charge in [-0.2, -0.15) is 18.2 Å². The Morgan fingerprint density at radius 1 is 1.10 bits per heavy atom. The standard InChI is InChI=1S/C27H24ClF3N6O2/c1-36-9-11-37(12-10-36)16-19-4-6-20(14-22(19)27(29,30)31)33-25(38)17-5-7-23(28)21(13-17)24-34-26(39-35-24)18-3-2-8-32-15-18/h2-8,13-15H,9-12,16H2,1H3,(H,33,38). The van der Waals surface area contributed by atoms with Crippen molar-refractivity contribution < 1.29 is 22.5 Å². The predicted octanol–water partition coefficient (Wildman–Crippen LogP) is 5.47. The van der Waals surface area contributed by atoms with Crippen LogP contribution in [0.1, 0.15) is 21.5 Å². The summed E-state index contributed by atoms with van der Waals surface area (Å²) in [5, 5.41) is 6.78. The third-order valence-electron chi connectivity index (χ3n) is 6.47. The number of halogens is 4. The van der Waals surface area contributed by atoms with Crippen LogP contribution >= 0.6 is 11.6 Å².